The van der Waals surface area contributed by atoms with Crippen molar-refractivity contribution in [1.82, 2.24) is 14.8 Å². The minimum absolute atomic E-state index is 0.436. The first-order valence-electron chi connectivity index (χ1n) is 7.94. The third-order valence-corrected chi connectivity index (χ3v) is 4.63. The molecule has 0 unspecified atom stereocenters. The van der Waals surface area contributed by atoms with Gasteiger partial charge in [-0.25, -0.2) is 4.98 Å². The molecule has 4 nitrogen and oxygen atoms in total. The van der Waals surface area contributed by atoms with Gasteiger partial charge in [0.15, 0.2) is 5.82 Å². The van der Waals surface area contributed by atoms with Crippen LogP contribution in [-0.2, 0) is 13.2 Å². The highest BCUT2D eigenvalue weighted by Crippen LogP contribution is 2.55. The lowest BCUT2D eigenvalue weighted by atomic mass is 10.2. The van der Waals surface area contributed by atoms with E-state index in [0.29, 0.717) is 6.61 Å². The largest absolute Gasteiger partial charge is 0.486 e. The van der Waals surface area contributed by atoms with Gasteiger partial charge in [0.1, 0.15) is 18.7 Å². The highest BCUT2D eigenvalue weighted by molar-refractivity contribution is 5.20. The molecule has 0 bridgehead atoms. The fourth-order valence-electron chi connectivity index (χ4n) is 3.17. The molecule has 2 saturated carbocycles. The van der Waals surface area contributed by atoms with Crippen molar-refractivity contribution in [2.24, 2.45) is 17.8 Å². The molecule has 0 spiro atoms. The zero-order valence-corrected chi connectivity index (χ0v) is 12.2. The van der Waals surface area contributed by atoms with E-state index in [9.17, 15) is 0 Å². The predicted molar refractivity (Wildman–Crippen MR) is 79.7 cm³/mol. The summed E-state index contributed by atoms with van der Waals surface area (Å²) in [4.78, 5) is 4.32. The highest BCUT2D eigenvalue weighted by atomic mass is 16.5. The predicted octanol–water partition coefficient (Wildman–Crippen LogP) is 3.29. The molecule has 2 aliphatic carbocycles. The summed E-state index contributed by atoms with van der Waals surface area (Å²) in [6.45, 7) is 1.43. The quantitative estimate of drug-likeness (QED) is 0.783. The minimum atomic E-state index is 0.436. The Bertz CT molecular complexity index is 591. The monoisotopic (exact) mass is 283 g/mol. The van der Waals surface area contributed by atoms with E-state index in [0.717, 1.165) is 35.9 Å². The molecule has 1 aromatic heterocycles. The maximum Gasteiger partial charge on any atom is 0.188 e. The molecule has 0 N–H and O–H groups in total. The molecule has 0 radical (unpaired) electrons. The van der Waals surface area contributed by atoms with E-state index in [1.807, 2.05) is 41.3 Å². The summed E-state index contributed by atoms with van der Waals surface area (Å²) in [6, 6.07) is 9.80. The molecule has 4 rings (SSSR count). The van der Waals surface area contributed by atoms with Crippen molar-refractivity contribution in [3.63, 3.8) is 0 Å². The molecular formula is C17H21N3O. The number of aryl methyl sites for hydroxylation is 1. The number of benzene rings is 1. The summed E-state index contributed by atoms with van der Waals surface area (Å²) in [7, 11) is 0. The van der Waals surface area contributed by atoms with Gasteiger partial charge in [0.05, 0.1) is 0 Å². The minimum Gasteiger partial charge on any atom is -0.486 e. The summed E-state index contributed by atoms with van der Waals surface area (Å²) in [6.07, 6.45) is 7.49. The lowest BCUT2D eigenvalue weighted by Gasteiger charge is -2.02. The standard InChI is InChI=1S/C17H21N3O/c1-2-4-15(5-3-1)21-11-17-18-12-20(19-17)9-8-14-10-16(14)13-6-7-13/h1-5,12-14,16H,6-11H2/t14-,16+/m1/s1. The Balaban J connectivity index is 1.23. The summed E-state index contributed by atoms with van der Waals surface area (Å²) in [5.41, 5.74) is 0. The van der Waals surface area contributed by atoms with Crippen LogP contribution in [-0.4, -0.2) is 14.8 Å². The normalized spacial score (nSPS) is 24.0. The Morgan fingerprint density at radius 2 is 2.05 bits per heavy atom. The second-order valence-electron chi connectivity index (χ2n) is 6.31. The summed E-state index contributed by atoms with van der Waals surface area (Å²) >= 11 is 0. The van der Waals surface area contributed by atoms with E-state index >= 15 is 0 Å². The fourth-order valence-corrected chi connectivity index (χ4v) is 3.17. The van der Waals surface area contributed by atoms with Crippen LogP contribution in [0.3, 0.4) is 0 Å². The Kier molecular flexibility index (Phi) is 3.37. The molecular weight excluding hydrogens is 262 g/mol. The van der Waals surface area contributed by atoms with Crippen LogP contribution in [0.2, 0.25) is 0 Å². The fraction of sp³-hybridized carbons (Fsp3) is 0.529. The first-order chi connectivity index (χ1) is 10.4. The van der Waals surface area contributed by atoms with Crippen molar-refractivity contribution in [2.45, 2.75) is 38.8 Å². The molecule has 0 aliphatic heterocycles. The molecule has 4 heteroatoms. The first-order valence-corrected chi connectivity index (χ1v) is 7.94. The Labute approximate surface area is 125 Å². The highest BCUT2D eigenvalue weighted by Gasteiger charge is 2.46. The van der Waals surface area contributed by atoms with Crippen LogP contribution >= 0.6 is 0 Å². The SMILES string of the molecule is c1ccc(OCc2ncn(CC[C@@H]3C[C@H]3C3CC3)n2)cc1. The number of ether oxygens (including phenoxy) is 1. The van der Waals surface area contributed by atoms with E-state index in [4.69, 9.17) is 4.74 Å². The van der Waals surface area contributed by atoms with Gasteiger partial charge in [0, 0.05) is 6.54 Å². The van der Waals surface area contributed by atoms with E-state index in [1.165, 1.54) is 25.7 Å². The van der Waals surface area contributed by atoms with E-state index in [1.54, 1.807) is 0 Å². The Morgan fingerprint density at radius 3 is 2.86 bits per heavy atom. The topological polar surface area (TPSA) is 39.9 Å². The van der Waals surface area contributed by atoms with Gasteiger partial charge < -0.3 is 4.74 Å². The Morgan fingerprint density at radius 1 is 1.19 bits per heavy atom. The number of nitrogens with zero attached hydrogens (tertiary/aromatic N) is 3. The van der Waals surface area contributed by atoms with Gasteiger partial charge in [-0.2, -0.15) is 5.10 Å². The van der Waals surface area contributed by atoms with Gasteiger partial charge in [-0.1, -0.05) is 18.2 Å². The van der Waals surface area contributed by atoms with Crippen LogP contribution in [0, 0.1) is 17.8 Å². The summed E-state index contributed by atoms with van der Waals surface area (Å²) < 4.78 is 7.63. The molecule has 0 saturated heterocycles. The van der Waals surface area contributed by atoms with E-state index < -0.39 is 0 Å². The lowest BCUT2D eigenvalue weighted by Crippen LogP contribution is -2.03. The molecule has 1 aromatic carbocycles. The van der Waals surface area contributed by atoms with Crippen LogP contribution in [0.4, 0.5) is 0 Å². The van der Waals surface area contributed by atoms with Crippen molar-refractivity contribution in [3.8, 4) is 5.75 Å². The van der Waals surface area contributed by atoms with Crippen LogP contribution in [0.25, 0.3) is 0 Å². The van der Waals surface area contributed by atoms with Crippen molar-refractivity contribution >= 4 is 0 Å². The zero-order chi connectivity index (χ0) is 14.1. The number of aromatic nitrogens is 3. The van der Waals surface area contributed by atoms with Crippen molar-refractivity contribution in [3.05, 3.63) is 42.5 Å². The van der Waals surface area contributed by atoms with Gasteiger partial charge in [-0.15, -0.1) is 0 Å². The molecule has 1 heterocycles. The smallest absolute Gasteiger partial charge is 0.188 e. The van der Waals surface area contributed by atoms with Crippen molar-refractivity contribution in [1.29, 1.82) is 0 Å². The van der Waals surface area contributed by atoms with Gasteiger partial charge in [-0.05, 0) is 55.6 Å². The number of hydrogen-bond donors (Lipinski definition) is 0. The van der Waals surface area contributed by atoms with E-state index in [2.05, 4.69) is 10.1 Å². The van der Waals surface area contributed by atoms with Crippen LogP contribution in [0.15, 0.2) is 36.7 Å². The maximum absolute atomic E-state index is 5.66. The molecule has 110 valence electrons. The van der Waals surface area contributed by atoms with Gasteiger partial charge >= 0.3 is 0 Å². The third kappa shape index (κ3) is 3.26. The average Bonchev–Trinajstić information content (AvgIpc) is 3.42. The van der Waals surface area contributed by atoms with Crippen LogP contribution in [0.1, 0.15) is 31.5 Å². The van der Waals surface area contributed by atoms with Gasteiger partial charge in [0.2, 0.25) is 0 Å². The molecule has 2 fully saturated rings. The molecule has 2 aromatic rings. The third-order valence-electron chi connectivity index (χ3n) is 4.63. The molecule has 2 aliphatic rings. The van der Waals surface area contributed by atoms with Gasteiger partial charge in [-0.3, -0.25) is 4.68 Å². The second-order valence-corrected chi connectivity index (χ2v) is 6.31. The number of para-hydroxylation sites is 1. The van der Waals surface area contributed by atoms with Crippen molar-refractivity contribution < 1.29 is 4.74 Å². The van der Waals surface area contributed by atoms with Gasteiger partial charge in [0.25, 0.3) is 0 Å². The summed E-state index contributed by atoms with van der Waals surface area (Å²) in [5, 5.41) is 4.49. The number of rotatable bonds is 7. The second kappa shape index (κ2) is 5.51. The summed E-state index contributed by atoms with van der Waals surface area (Å²) in [5.74, 6) is 4.67. The van der Waals surface area contributed by atoms with Crippen molar-refractivity contribution in [2.75, 3.05) is 0 Å². The Hall–Kier alpha value is -1.84. The average molecular weight is 283 g/mol. The lowest BCUT2D eigenvalue weighted by molar-refractivity contribution is 0.295. The van der Waals surface area contributed by atoms with E-state index in [-0.39, 0.29) is 0 Å². The zero-order valence-electron chi connectivity index (χ0n) is 12.2. The molecule has 2 atom stereocenters. The van der Waals surface area contributed by atoms with Crippen LogP contribution in [0.5, 0.6) is 5.75 Å². The van der Waals surface area contributed by atoms with Crippen LogP contribution < -0.4 is 4.74 Å². The maximum atomic E-state index is 5.66. The number of hydrogen-bond acceptors (Lipinski definition) is 3. The molecule has 21 heavy (non-hydrogen) atoms. The molecule has 0 amide bonds. The first kappa shape index (κ1) is 12.9.